The Morgan fingerprint density at radius 3 is 3.06 bits per heavy atom. The average Bonchev–Trinajstić information content (AvgIpc) is 2.84. The third-order valence-electron chi connectivity index (χ3n) is 2.64. The van der Waals surface area contributed by atoms with Crippen LogP contribution < -0.4 is 5.32 Å². The third-order valence-corrected chi connectivity index (χ3v) is 3.72. The molecule has 1 aromatic rings. The van der Waals surface area contributed by atoms with Crippen molar-refractivity contribution in [2.45, 2.75) is 17.4 Å². The largest absolute Gasteiger partial charge is 0.496 e. The van der Waals surface area contributed by atoms with Crippen molar-refractivity contribution in [3.05, 3.63) is 41.9 Å². The second-order valence-electron chi connectivity index (χ2n) is 3.85. The summed E-state index contributed by atoms with van der Waals surface area (Å²) >= 11 is 1.63. The zero-order valence-electron chi connectivity index (χ0n) is 9.78. The number of rotatable bonds is 5. The topological polar surface area (TPSA) is 21.3 Å². The van der Waals surface area contributed by atoms with E-state index in [1.54, 1.807) is 23.9 Å². The SMILES string of the molecule is CNC(CSc1cccc(F)c1)C1=CCCO1. The molecule has 2 nitrogen and oxygen atoms in total. The van der Waals surface area contributed by atoms with Gasteiger partial charge in [0.05, 0.1) is 12.6 Å². The molecule has 0 fully saturated rings. The lowest BCUT2D eigenvalue weighted by Crippen LogP contribution is -2.30. The Balaban J connectivity index is 1.91. The van der Waals surface area contributed by atoms with E-state index in [-0.39, 0.29) is 11.9 Å². The van der Waals surface area contributed by atoms with Gasteiger partial charge < -0.3 is 10.1 Å². The summed E-state index contributed by atoms with van der Waals surface area (Å²) in [6.45, 7) is 0.776. The fourth-order valence-electron chi connectivity index (χ4n) is 1.72. The number of nitrogens with one attached hydrogen (secondary N) is 1. The number of likely N-dealkylation sites (N-methyl/N-ethyl adjacent to an activating group) is 1. The highest BCUT2D eigenvalue weighted by atomic mass is 32.2. The Hall–Kier alpha value is -1.00. The van der Waals surface area contributed by atoms with Gasteiger partial charge in [-0.2, -0.15) is 0 Å². The molecule has 1 atom stereocenters. The van der Waals surface area contributed by atoms with E-state index in [1.165, 1.54) is 6.07 Å². The van der Waals surface area contributed by atoms with Gasteiger partial charge in [0.1, 0.15) is 11.6 Å². The van der Waals surface area contributed by atoms with Crippen LogP contribution in [0.4, 0.5) is 4.39 Å². The fourth-order valence-corrected chi connectivity index (χ4v) is 2.78. The smallest absolute Gasteiger partial charge is 0.124 e. The highest BCUT2D eigenvalue weighted by Crippen LogP contribution is 2.23. The first-order valence-electron chi connectivity index (χ1n) is 5.68. The van der Waals surface area contributed by atoms with E-state index in [0.717, 1.165) is 29.4 Å². The Morgan fingerprint density at radius 2 is 2.41 bits per heavy atom. The van der Waals surface area contributed by atoms with Crippen LogP contribution in [-0.2, 0) is 4.74 Å². The van der Waals surface area contributed by atoms with Crippen LogP contribution in [0.5, 0.6) is 0 Å². The summed E-state index contributed by atoms with van der Waals surface area (Å²) in [4.78, 5) is 0.948. The summed E-state index contributed by atoms with van der Waals surface area (Å²) in [6.07, 6.45) is 3.10. The van der Waals surface area contributed by atoms with Crippen molar-refractivity contribution >= 4 is 11.8 Å². The van der Waals surface area contributed by atoms with Gasteiger partial charge in [-0.15, -0.1) is 11.8 Å². The standard InChI is InChI=1S/C13H16FNOS/c1-15-12(13-6-3-7-16-13)9-17-11-5-2-4-10(14)8-11/h2,4-6,8,12,15H,3,7,9H2,1H3. The van der Waals surface area contributed by atoms with Crippen LogP contribution in [0.15, 0.2) is 41.0 Å². The normalized spacial score (nSPS) is 16.5. The van der Waals surface area contributed by atoms with E-state index in [0.29, 0.717) is 0 Å². The molecule has 92 valence electrons. The zero-order valence-corrected chi connectivity index (χ0v) is 10.6. The molecule has 0 radical (unpaired) electrons. The minimum Gasteiger partial charge on any atom is -0.496 e. The van der Waals surface area contributed by atoms with Gasteiger partial charge >= 0.3 is 0 Å². The van der Waals surface area contributed by atoms with Gasteiger partial charge in [-0.3, -0.25) is 0 Å². The maximum atomic E-state index is 13.0. The first-order valence-corrected chi connectivity index (χ1v) is 6.66. The quantitative estimate of drug-likeness (QED) is 0.815. The van der Waals surface area contributed by atoms with E-state index in [9.17, 15) is 4.39 Å². The van der Waals surface area contributed by atoms with Crippen LogP contribution in [0.25, 0.3) is 0 Å². The summed E-state index contributed by atoms with van der Waals surface area (Å²) in [5.41, 5.74) is 0. The summed E-state index contributed by atoms with van der Waals surface area (Å²) in [6, 6.07) is 6.87. The minimum atomic E-state index is -0.188. The second-order valence-corrected chi connectivity index (χ2v) is 4.95. The molecule has 0 saturated heterocycles. The van der Waals surface area contributed by atoms with Crippen LogP contribution in [0.3, 0.4) is 0 Å². The van der Waals surface area contributed by atoms with Gasteiger partial charge in [-0.25, -0.2) is 4.39 Å². The van der Waals surface area contributed by atoms with Crippen molar-refractivity contribution in [1.82, 2.24) is 5.32 Å². The van der Waals surface area contributed by atoms with Crippen molar-refractivity contribution in [1.29, 1.82) is 0 Å². The van der Waals surface area contributed by atoms with Crippen LogP contribution in [0.2, 0.25) is 0 Å². The van der Waals surface area contributed by atoms with Crippen LogP contribution in [0.1, 0.15) is 6.42 Å². The Morgan fingerprint density at radius 1 is 1.53 bits per heavy atom. The molecule has 0 saturated carbocycles. The van der Waals surface area contributed by atoms with E-state index in [1.807, 2.05) is 13.1 Å². The number of hydrogen-bond acceptors (Lipinski definition) is 3. The minimum absolute atomic E-state index is 0.188. The first kappa shape index (κ1) is 12.5. The molecule has 0 aromatic heterocycles. The molecule has 0 aliphatic carbocycles. The van der Waals surface area contributed by atoms with Gasteiger partial charge in [0.15, 0.2) is 0 Å². The van der Waals surface area contributed by atoms with Crippen molar-refractivity contribution in [3.63, 3.8) is 0 Å². The van der Waals surface area contributed by atoms with Crippen molar-refractivity contribution in [2.24, 2.45) is 0 Å². The zero-order chi connectivity index (χ0) is 12.1. The van der Waals surface area contributed by atoms with Crippen LogP contribution in [0, 0.1) is 5.82 Å². The Kier molecular flexibility index (Phi) is 4.45. The molecular formula is C13H16FNOS. The van der Waals surface area contributed by atoms with Crippen molar-refractivity contribution in [2.75, 3.05) is 19.4 Å². The molecule has 4 heteroatoms. The molecule has 2 rings (SSSR count). The van der Waals surface area contributed by atoms with E-state index >= 15 is 0 Å². The molecule has 1 N–H and O–H groups in total. The molecule has 17 heavy (non-hydrogen) atoms. The molecule has 0 spiro atoms. The molecule has 1 aromatic carbocycles. The lowest BCUT2D eigenvalue weighted by molar-refractivity contribution is 0.222. The average molecular weight is 253 g/mol. The molecule has 1 aliphatic rings. The molecule has 1 heterocycles. The number of halogens is 1. The van der Waals surface area contributed by atoms with Gasteiger partial charge in [0.2, 0.25) is 0 Å². The van der Waals surface area contributed by atoms with E-state index in [4.69, 9.17) is 4.74 Å². The third kappa shape index (κ3) is 3.48. The summed E-state index contributed by atoms with van der Waals surface area (Å²) in [5.74, 6) is 1.66. The maximum absolute atomic E-state index is 13.0. The number of ether oxygens (including phenoxy) is 1. The van der Waals surface area contributed by atoms with Crippen LogP contribution in [-0.4, -0.2) is 25.4 Å². The second kappa shape index (κ2) is 6.07. The summed E-state index contributed by atoms with van der Waals surface area (Å²) in [7, 11) is 1.92. The fraction of sp³-hybridized carbons (Fsp3) is 0.385. The molecule has 0 bridgehead atoms. The molecular weight excluding hydrogens is 237 g/mol. The van der Waals surface area contributed by atoms with Gasteiger partial charge in [-0.05, 0) is 31.3 Å². The van der Waals surface area contributed by atoms with Gasteiger partial charge in [0, 0.05) is 17.1 Å². The summed E-state index contributed by atoms with van der Waals surface area (Å²) < 4.78 is 18.5. The molecule has 1 aliphatic heterocycles. The predicted octanol–water partition coefficient (Wildman–Crippen LogP) is 2.81. The monoisotopic (exact) mass is 253 g/mol. The number of benzene rings is 1. The lowest BCUT2D eigenvalue weighted by atomic mass is 10.2. The van der Waals surface area contributed by atoms with Gasteiger partial charge in [0.25, 0.3) is 0 Å². The predicted molar refractivity (Wildman–Crippen MR) is 68.6 cm³/mol. The highest BCUT2D eigenvalue weighted by molar-refractivity contribution is 7.99. The Labute approximate surface area is 105 Å². The number of thioether (sulfide) groups is 1. The van der Waals surface area contributed by atoms with Crippen molar-refractivity contribution < 1.29 is 9.13 Å². The van der Waals surface area contributed by atoms with Crippen LogP contribution >= 0.6 is 11.8 Å². The number of hydrogen-bond donors (Lipinski definition) is 1. The molecule has 0 amide bonds. The molecule has 1 unspecified atom stereocenters. The maximum Gasteiger partial charge on any atom is 0.124 e. The van der Waals surface area contributed by atoms with E-state index in [2.05, 4.69) is 11.4 Å². The lowest BCUT2D eigenvalue weighted by Gasteiger charge is -2.16. The van der Waals surface area contributed by atoms with E-state index < -0.39 is 0 Å². The van der Waals surface area contributed by atoms with Gasteiger partial charge in [-0.1, -0.05) is 6.07 Å². The summed E-state index contributed by atoms with van der Waals surface area (Å²) in [5, 5.41) is 3.22. The first-order chi connectivity index (χ1) is 8.29. The highest BCUT2D eigenvalue weighted by Gasteiger charge is 2.17. The van der Waals surface area contributed by atoms with Crippen molar-refractivity contribution in [3.8, 4) is 0 Å². The Bertz CT molecular complexity index is 408.